The van der Waals surface area contributed by atoms with E-state index in [4.69, 9.17) is 4.74 Å². The Bertz CT molecular complexity index is 542. The molecule has 3 rings (SSSR count). The molecule has 0 bridgehead atoms. The molecular weight excluding hydrogens is 276 g/mol. The number of nitrogens with one attached hydrogen (secondary N) is 2. The summed E-state index contributed by atoms with van der Waals surface area (Å²) >= 11 is 0. The molecule has 0 aromatic heterocycles. The van der Waals surface area contributed by atoms with E-state index >= 15 is 0 Å². The quantitative estimate of drug-likeness (QED) is 0.900. The van der Waals surface area contributed by atoms with Crippen molar-refractivity contribution in [1.82, 2.24) is 10.6 Å². The number of ether oxygens (including phenoxy) is 1. The smallest absolute Gasteiger partial charge is 0.253 e. The summed E-state index contributed by atoms with van der Waals surface area (Å²) in [6.07, 6.45) is 2.83. The zero-order valence-corrected chi connectivity index (χ0v) is 13.5. The number of benzene rings is 1. The highest BCUT2D eigenvalue weighted by Gasteiger charge is 2.33. The predicted octanol–water partition coefficient (Wildman–Crippen LogP) is 2.19. The van der Waals surface area contributed by atoms with E-state index < -0.39 is 6.10 Å². The maximum atomic E-state index is 12.6. The van der Waals surface area contributed by atoms with Crippen LogP contribution < -0.4 is 10.6 Å². The number of fused-ring (bicyclic) bond motifs is 1. The molecule has 2 heterocycles. The van der Waals surface area contributed by atoms with Crippen LogP contribution in [0.2, 0.25) is 0 Å². The largest absolute Gasteiger partial charge is 0.363 e. The zero-order valence-electron chi connectivity index (χ0n) is 13.5. The third-order valence-corrected chi connectivity index (χ3v) is 5.04. The summed E-state index contributed by atoms with van der Waals surface area (Å²) in [7, 11) is 0. The Labute approximate surface area is 132 Å². The highest BCUT2D eigenvalue weighted by molar-refractivity contribution is 5.82. The third-order valence-electron chi connectivity index (χ3n) is 5.04. The predicted molar refractivity (Wildman–Crippen MR) is 86.7 cm³/mol. The Hall–Kier alpha value is -1.39. The molecule has 4 nitrogen and oxygen atoms in total. The molecule has 2 aliphatic rings. The van der Waals surface area contributed by atoms with Crippen LogP contribution in [0.4, 0.5) is 0 Å². The first-order chi connectivity index (χ1) is 10.6. The van der Waals surface area contributed by atoms with Crippen molar-refractivity contribution in [2.75, 3.05) is 19.7 Å². The average Bonchev–Trinajstić information content (AvgIpc) is 2.52. The SMILES string of the molecule is CC1(C)CCCNC1CNC(=O)C1OCCc2ccccc21. The summed E-state index contributed by atoms with van der Waals surface area (Å²) in [4.78, 5) is 12.6. The van der Waals surface area contributed by atoms with Crippen LogP contribution in [0.3, 0.4) is 0 Å². The van der Waals surface area contributed by atoms with Crippen LogP contribution in [0, 0.1) is 5.41 Å². The number of hydrogen-bond acceptors (Lipinski definition) is 3. The van der Waals surface area contributed by atoms with Gasteiger partial charge < -0.3 is 15.4 Å². The molecule has 1 fully saturated rings. The highest BCUT2D eigenvalue weighted by atomic mass is 16.5. The summed E-state index contributed by atoms with van der Waals surface area (Å²) in [6.45, 7) is 6.84. The van der Waals surface area contributed by atoms with Gasteiger partial charge in [0.1, 0.15) is 0 Å². The van der Waals surface area contributed by atoms with Crippen molar-refractivity contribution in [2.24, 2.45) is 5.41 Å². The Morgan fingerprint density at radius 2 is 2.23 bits per heavy atom. The van der Waals surface area contributed by atoms with Gasteiger partial charge in [-0.05, 0) is 42.3 Å². The van der Waals surface area contributed by atoms with Gasteiger partial charge in [0.15, 0.2) is 6.10 Å². The van der Waals surface area contributed by atoms with Crippen molar-refractivity contribution < 1.29 is 9.53 Å². The monoisotopic (exact) mass is 302 g/mol. The molecule has 1 saturated heterocycles. The van der Waals surface area contributed by atoms with E-state index in [1.54, 1.807) is 0 Å². The van der Waals surface area contributed by atoms with E-state index in [2.05, 4.69) is 30.5 Å². The van der Waals surface area contributed by atoms with Crippen LogP contribution in [-0.2, 0) is 16.0 Å². The number of amides is 1. The minimum atomic E-state index is -0.461. The summed E-state index contributed by atoms with van der Waals surface area (Å²) in [5.74, 6) is -0.0182. The lowest BCUT2D eigenvalue weighted by Crippen LogP contribution is -2.53. The first-order valence-electron chi connectivity index (χ1n) is 8.28. The van der Waals surface area contributed by atoms with Gasteiger partial charge in [0.25, 0.3) is 5.91 Å². The first-order valence-corrected chi connectivity index (χ1v) is 8.28. The van der Waals surface area contributed by atoms with Gasteiger partial charge in [0.2, 0.25) is 0 Å². The summed E-state index contributed by atoms with van der Waals surface area (Å²) < 4.78 is 5.73. The third kappa shape index (κ3) is 3.18. The summed E-state index contributed by atoms with van der Waals surface area (Å²) in [6, 6.07) is 8.41. The van der Waals surface area contributed by atoms with Gasteiger partial charge in [0, 0.05) is 12.6 Å². The maximum Gasteiger partial charge on any atom is 0.253 e. The number of carbonyl (C=O) groups is 1. The van der Waals surface area contributed by atoms with E-state index in [0.717, 1.165) is 18.5 Å². The number of carbonyl (C=O) groups excluding carboxylic acids is 1. The Balaban J connectivity index is 1.63. The molecule has 2 atom stereocenters. The lowest BCUT2D eigenvalue weighted by molar-refractivity contribution is -0.134. The van der Waals surface area contributed by atoms with Gasteiger partial charge >= 0.3 is 0 Å². The van der Waals surface area contributed by atoms with Crippen LogP contribution >= 0.6 is 0 Å². The second kappa shape index (κ2) is 6.39. The molecule has 2 unspecified atom stereocenters. The van der Waals surface area contributed by atoms with Gasteiger partial charge in [0.05, 0.1) is 6.61 Å². The fourth-order valence-electron chi connectivity index (χ4n) is 3.53. The van der Waals surface area contributed by atoms with Crippen LogP contribution in [-0.4, -0.2) is 31.6 Å². The van der Waals surface area contributed by atoms with Gasteiger partial charge in [-0.2, -0.15) is 0 Å². The second-order valence-electron chi connectivity index (χ2n) is 7.04. The van der Waals surface area contributed by atoms with Crippen molar-refractivity contribution in [1.29, 1.82) is 0 Å². The minimum Gasteiger partial charge on any atom is -0.363 e. The van der Waals surface area contributed by atoms with Crippen molar-refractivity contribution in [3.63, 3.8) is 0 Å². The van der Waals surface area contributed by atoms with E-state index in [1.807, 2.05) is 18.2 Å². The van der Waals surface area contributed by atoms with Crippen LogP contribution in [0.25, 0.3) is 0 Å². The van der Waals surface area contributed by atoms with E-state index in [9.17, 15) is 4.79 Å². The molecule has 1 amide bonds. The Morgan fingerprint density at radius 3 is 3.05 bits per heavy atom. The molecule has 1 aromatic carbocycles. The molecule has 0 spiro atoms. The standard InChI is InChI=1S/C18H26N2O2/c1-18(2)9-5-10-19-15(18)12-20-17(21)16-14-7-4-3-6-13(14)8-11-22-16/h3-4,6-7,15-16,19H,5,8-12H2,1-2H3,(H,20,21). The molecule has 0 radical (unpaired) electrons. The lowest BCUT2D eigenvalue weighted by atomic mass is 9.77. The molecular formula is C18H26N2O2. The van der Waals surface area contributed by atoms with Gasteiger partial charge in [-0.25, -0.2) is 0 Å². The summed E-state index contributed by atoms with van der Waals surface area (Å²) in [5.41, 5.74) is 2.46. The second-order valence-corrected chi connectivity index (χ2v) is 7.04. The molecule has 0 saturated carbocycles. The van der Waals surface area contributed by atoms with E-state index in [1.165, 1.54) is 18.4 Å². The molecule has 2 N–H and O–H groups in total. The molecule has 0 aliphatic carbocycles. The minimum absolute atomic E-state index is 0.0182. The molecule has 22 heavy (non-hydrogen) atoms. The fourth-order valence-corrected chi connectivity index (χ4v) is 3.53. The molecule has 2 aliphatic heterocycles. The van der Waals surface area contributed by atoms with Crippen LogP contribution in [0.5, 0.6) is 0 Å². The number of hydrogen-bond donors (Lipinski definition) is 2. The lowest BCUT2D eigenvalue weighted by Gasteiger charge is -2.39. The zero-order chi connectivity index (χ0) is 15.6. The van der Waals surface area contributed by atoms with E-state index in [0.29, 0.717) is 19.2 Å². The fraction of sp³-hybridized carbons (Fsp3) is 0.611. The number of piperidine rings is 1. The van der Waals surface area contributed by atoms with Crippen LogP contribution in [0.15, 0.2) is 24.3 Å². The van der Waals surface area contributed by atoms with Gasteiger partial charge in [-0.15, -0.1) is 0 Å². The molecule has 4 heteroatoms. The highest BCUT2D eigenvalue weighted by Crippen LogP contribution is 2.30. The molecule has 1 aromatic rings. The van der Waals surface area contributed by atoms with Crippen molar-refractivity contribution in [3.05, 3.63) is 35.4 Å². The first kappa shape index (κ1) is 15.5. The van der Waals surface area contributed by atoms with Crippen molar-refractivity contribution in [3.8, 4) is 0 Å². The van der Waals surface area contributed by atoms with E-state index in [-0.39, 0.29) is 11.3 Å². The van der Waals surface area contributed by atoms with Crippen molar-refractivity contribution in [2.45, 2.75) is 45.3 Å². The maximum absolute atomic E-state index is 12.6. The Kier molecular flexibility index (Phi) is 4.50. The van der Waals surface area contributed by atoms with Crippen LogP contribution in [0.1, 0.15) is 43.9 Å². The molecule has 120 valence electrons. The average molecular weight is 302 g/mol. The normalized spacial score (nSPS) is 27.0. The Morgan fingerprint density at radius 1 is 1.41 bits per heavy atom. The van der Waals surface area contributed by atoms with Gasteiger partial charge in [-0.1, -0.05) is 38.1 Å². The topological polar surface area (TPSA) is 50.4 Å². The van der Waals surface area contributed by atoms with Gasteiger partial charge in [-0.3, -0.25) is 4.79 Å². The van der Waals surface area contributed by atoms with Crippen molar-refractivity contribution >= 4 is 5.91 Å². The number of rotatable bonds is 3. The summed E-state index contributed by atoms with van der Waals surface area (Å²) in [5, 5.41) is 6.62.